The van der Waals surface area contributed by atoms with Crippen LogP contribution in [-0.4, -0.2) is 58.0 Å². The number of amides is 2. The normalized spacial score (nSPS) is 19.5. The molecule has 1 atom stereocenters. The lowest BCUT2D eigenvalue weighted by Gasteiger charge is -2.22. The molecule has 2 aliphatic heterocycles. The van der Waals surface area contributed by atoms with Crippen molar-refractivity contribution in [3.63, 3.8) is 0 Å². The molecule has 144 valence electrons. The minimum atomic E-state index is -0.0593. The first-order valence-electron chi connectivity index (χ1n) is 9.56. The van der Waals surface area contributed by atoms with E-state index >= 15 is 0 Å². The Morgan fingerprint density at radius 3 is 2.96 bits per heavy atom. The zero-order valence-electron chi connectivity index (χ0n) is 15.7. The fraction of sp³-hybridized carbons (Fsp3) is 0.526. The Bertz CT molecular complexity index is 786. The van der Waals surface area contributed by atoms with Gasteiger partial charge < -0.3 is 19.9 Å². The third kappa shape index (κ3) is 4.15. The summed E-state index contributed by atoms with van der Waals surface area (Å²) in [5.74, 6) is 1.75. The van der Waals surface area contributed by atoms with Gasteiger partial charge in [0, 0.05) is 57.6 Å². The van der Waals surface area contributed by atoms with Crippen molar-refractivity contribution >= 4 is 11.8 Å². The highest BCUT2D eigenvalue weighted by atomic mass is 16.5. The molecule has 2 saturated heterocycles. The van der Waals surface area contributed by atoms with Gasteiger partial charge in [0.2, 0.25) is 0 Å². The second kappa shape index (κ2) is 7.85. The van der Waals surface area contributed by atoms with E-state index < -0.39 is 0 Å². The number of hydrogen-bond donors (Lipinski definition) is 1. The summed E-state index contributed by atoms with van der Waals surface area (Å²) in [6.45, 7) is 3.83. The summed E-state index contributed by atoms with van der Waals surface area (Å²) >= 11 is 0. The molecule has 2 amide bonds. The SMILES string of the molecule is Cn1cc(CNC(=O)N2CC[C@H](Oc3cccnc3N3CCCC3)C2)cn1. The van der Waals surface area contributed by atoms with Gasteiger partial charge in [-0.3, -0.25) is 4.68 Å². The standard InChI is InChI=1S/C19H26N6O2/c1-23-13-15(12-22-23)11-21-19(26)25-10-6-16(14-25)27-17-5-4-7-20-18(17)24-8-2-3-9-24/h4-5,7,12-13,16H,2-3,6,8-11,14H2,1H3,(H,21,26)/t16-/m0/s1. The summed E-state index contributed by atoms with van der Waals surface area (Å²) in [6.07, 6.45) is 8.70. The van der Waals surface area contributed by atoms with Gasteiger partial charge in [-0.2, -0.15) is 5.10 Å². The summed E-state index contributed by atoms with van der Waals surface area (Å²) in [4.78, 5) is 21.0. The molecule has 4 rings (SSSR count). The van der Waals surface area contributed by atoms with Gasteiger partial charge in [-0.25, -0.2) is 9.78 Å². The number of rotatable bonds is 5. The van der Waals surface area contributed by atoms with Crippen LogP contribution in [0, 0.1) is 0 Å². The minimum Gasteiger partial charge on any atom is -0.485 e. The van der Waals surface area contributed by atoms with E-state index in [2.05, 4.69) is 20.3 Å². The number of hydrogen-bond acceptors (Lipinski definition) is 5. The smallest absolute Gasteiger partial charge is 0.317 e. The molecule has 0 bridgehead atoms. The highest BCUT2D eigenvalue weighted by Crippen LogP contribution is 2.30. The van der Waals surface area contributed by atoms with Crippen molar-refractivity contribution in [1.29, 1.82) is 0 Å². The molecule has 2 aromatic rings. The van der Waals surface area contributed by atoms with Crippen molar-refractivity contribution in [2.45, 2.75) is 31.9 Å². The number of anilines is 1. The van der Waals surface area contributed by atoms with Crippen LogP contribution in [0.1, 0.15) is 24.8 Å². The maximum Gasteiger partial charge on any atom is 0.317 e. The van der Waals surface area contributed by atoms with Crippen LogP contribution in [0.15, 0.2) is 30.7 Å². The molecule has 0 unspecified atom stereocenters. The van der Waals surface area contributed by atoms with E-state index in [0.717, 1.165) is 36.6 Å². The van der Waals surface area contributed by atoms with E-state index in [1.807, 2.05) is 36.5 Å². The molecule has 27 heavy (non-hydrogen) atoms. The molecule has 1 N–H and O–H groups in total. The fourth-order valence-corrected chi connectivity index (χ4v) is 3.68. The van der Waals surface area contributed by atoms with E-state index in [-0.39, 0.29) is 12.1 Å². The number of urea groups is 1. The third-order valence-corrected chi connectivity index (χ3v) is 5.08. The number of likely N-dealkylation sites (tertiary alicyclic amines) is 1. The molecule has 8 nitrogen and oxygen atoms in total. The van der Waals surface area contributed by atoms with Gasteiger partial charge in [0.15, 0.2) is 11.6 Å². The average Bonchev–Trinajstić information content (AvgIpc) is 3.42. The number of nitrogens with zero attached hydrogens (tertiary/aromatic N) is 5. The molecule has 0 saturated carbocycles. The highest BCUT2D eigenvalue weighted by molar-refractivity contribution is 5.74. The Morgan fingerprint density at radius 2 is 2.19 bits per heavy atom. The van der Waals surface area contributed by atoms with Crippen molar-refractivity contribution in [2.75, 3.05) is 31.1 Å². The van der Waals surface area contributed by atoms with Crippen molar-refractivity contribution < 1.29 is 9.53 Å². The van der Waals surface area contributed by atoms with E-state index in [9.17, 15) is 4.79 Å². The largest absolute Gasteiger partial charge is 0.485 e. The molecule has 0 radical (unpaired) electrons. The summed E-state index contributed by atoms with van der Waals surface area (Å²) in [6, 6.07) is 3.82. The van der Waals surface area contributed by atoms with Gasteiger partial charge in [-0.05, 0) is 25.0 Å². The predicted octanol–water partition coefficient (Wildman–Crippen LogP) is 1.78. The summed E-state index contributed by atoms with van der Waals surface area (Å²) in [7, 11) is 1.86. The average molecular weight is 370 g/mol. The van der Waals surface area contributed by atoms with Crippen molar-refractivity contribution in [1.82, 2.24) is 25.0 Å². The van der Waals surface area contributed by atoms with Gasteiger partial charge in [-0.15, -0.1) is 0 Å². The first kappa shape index (κ1) is 17.6. The molecule has 2 aliphatic rings. The fourth-order valence-electron chi connectivity index (χ4n) is 3.68. The maximum absolute atomic E-state index is 12.4. The Hall–Kier alpha value is -2.77. The molecule has 2 fully saturated rings. The van der Waals surface area contributed by atoms with Crippen LogP contribution in [-0.2, 0) is 13.6 Å². The van der Waals surface area contributed by atoms with Gasteiger partial charge in [-0.1, -0.05) is 0 Å². The number of ether oxygens (including phenoxy) is 1. The number of aryl methyl sites for hydroxylation is 1. The lowest BCUT2D eigenvalue weighted by Crippen LogP contribution is -2.39. The second-order valence-electron chi connectivity index (χ2n) is 7.17. The van der Waals surface area contributed by atoms with E-state index in [1.54, 1.807) is 10.9 Å². The van der Waals surface area contributed by atoms with Crippen LogP contribution in [0.2, 0.25) is 0 Å². The zero-order valence-corrected chi connectivity index (χ0v) is 15.7. The molecule has 8 heteroatoms. The molecular weight excluding hydrogens is 344 g/mol. The first-order valence-corrected chi connectivity index (χ1v) is 9.56. The lowest BCUT2D eigenvalue weighted by molar-refractivity contribution is 0.186. The van der Waals surface area contributed by atoms with Gasteiger partial charge >= 0.3 is 6.03 Å². The van der Waals surface area contributed by atoms with Gasteiger partial charge in [0.05, 0.1) is 12.7 Å². The molecular formula is C19H26N6O2. The Balaban J connectivity index is 1.31. The number of aromatic nitrogens is 3. The molecule has 0 spiro atoms. The number of pyridine rings is 1. The number of carbonyl (C=O) groups is 1. The Morgan fingerprint density at radius 1 is 1.33 bits per heavy atom. The lowest BCUT2D eigenvalue weighted by atomic mass is 10.3. The summed E-state index contributed by atoms with van der Waals surface area (Å²) in [5.41, 5.74) is 0.989. The number of nitrogens with one attached hydrogen (secondary N) is 1. The molecule has 0 aromatic carbocycles. The topological polar surface area (TPSA) is 75.5 Å². The Kier molecular flexibility index (Phi) is 5.13. The second-order valence-corrected chi connectivity index (χ2v) is 7.17. The number of carbonyl (C=O) groups excluding carboxylic acids is 1. The maximum atomic E-state index is 12.4. The van der Waals surface area contributed by atoms with E-state index in [4.69, 9.17) is 4.74 Å². The van der Waals surface area contributed by atoms with Crippen LogP contribution >= 0.6 is 0 Å². The van der Waals surface area contributed by atoms with E-state index in [1.165, 1.54) is 12.8 Å². The van der Waals surface area contributed by atoms with Crippen molar-refractivity contribution in [3.05, 3.63) is 36.3 Å². The quantitative estimate of drug-likeness (QED) is 0.868. The monoisotopic (exact) mass is 370 g/mol. The van der Waals surface area contributed by atoms with Gasteiger partial charge in [0.1, 0.15) is 6.10 Å². The van der Waals surface area contributed by atoms with Crippen LogP contribution in [0.4, 0.5) is 10.6 Å². The van der Waals surface area contributed by atoms with Crippen LogP contribution < -0.4 is 15.0 Å². The highest BCUT2D eigenvalue weighted by Gasteiger charge is 2.29. The third-order valence-electron chi connectivity index (χ3n) is 5.08. The summed E-state index contributed by atoms with van der Waals surface area (Å²) < 4.78 is 7.96. The van der Waals surface area contributed by atoms with Crippen molar-refractivity contribution in [3.8, 4) is 5.75 Å². The minimum absolute atomic E-state index is 0.000282. The molecule has 2 aromatic heterocycles. The van der Waals surface area contributed by atoms with Crippen LogP contribution in [0.3, 0.4) is 0 Å². The zero-order chi connectivity index (χ0) is 18.6. The van der Waals surface area contributed by atoms with Crippen molar-refractivity contribution in [2.24, 2.45) is 7.05 Å². The van der Waals surface area contributed by atoms with Gasteiger partial charge in [0.25, 0.3) is 0 Å². The van der Waals surface area contributed by atoms with Crippen LogP contribution in [0.25, 0.3) is 0 Å². The Labute approximate surface area is 159 Å². The predicted molar refractivity (Wildman–Crippen MR) is 102 cm³/mol. The molecule has 0 aliphatic carbocycles. The summed E-state index contributed by atoms with van der Waals surface area (Å²) in [5, 5.41) is 7.07. The van der Waals surface area contributed by atoms with E-state index in [0.29, 0.717) is 19.6 Å². The van der Waals surface area contributed by atoms with Crippen LogP contribution in [0.5, 0.6) is 5.75 Å². The first-order chi connectivity index (χ1) is 13.2. The molecule has 4 heterocycles.